The third kappa shape index (κ3) is 2.03. The van der Waals surface area contributed by atoms with E-state index < -0.39 is 0 Å². The monoisotopic (exact) mass is 210 g/mol. The van der Waals surface area contributed by atoms with Gasteiger partial charge in [-0.05, 0) is 45.2 Å². The van der Waals surface area contributed by atoms with Gasteiger partial charge in [-0.1, -0.05) is 6.92 Å². The van der Waals surface area contributed by atoms with Crippen LogP contribution in [0.4, 0.5) is 0 Å². The Morgan fingerprint density at radius 1 is 1.27 bits per heavy atom. The van der Waals surface area contributed by atoms with Crippen LogP contribution in [-0.4, -0.2) is 37.0 Å². The molecule has 15 heavy (non-hydrogen) atoms. The van der Waals surface area contributed by atoms with Crippen LogP contribution in [-0.2, 0) is 4.79 Å². The van der Waals surface area contributed by atoms with Gasteiger partial charge in [-0.3, -0.25) is 4.79 Å². The Labute approximate surface area is 92.2 Å². The molecular weight excluding hydrogens is 188 g/mol. The fourth-order valence-corrected chi connectivity index (χ4v) is 2.88. The number of piperidine rings is 1. The Morgan fingerprint density at radius 3 is 2.40 bits per heavy atom. The van der Waals surface area contributed by atoms with Crippen LogP contribution in [0.2, 0.25) is 0 Å². The molecule has 3 nitrogen and oxygen atoms in total. The minimum absolute atomic E-state index is 0.0322. The number of amides is 1. The highest BCUT2D eigenvalue weighted by Gasteiger charge is 2.40. The van der Waals surface area contributed by atoms with E-state index in [1.165, 1.54) is 12.8 Å². The minimum atomic E-state index is -0.0322. The zero-order valence-corrected chi connectivity index (χ0v) is 9.72. The van der Waals surface area contributed by atoms with Crippen molar-refractivity contribution < 1.29 is 4.79 Å². The first kappa shape index (κ1) is 10.9. The summed E-state index contributed by atoms with van der Waals surface area (Å²) in [7, 11) is 0. The topological polar surface area (TPSA) is 32.3 Å². The average Bonchev–Trinajstić information content (AvgIpc) is 2.82. The lowest BCUT2D eigenvalue weighted by atomic mass is 9.75. The van der Waals surface area contributed by atoms with Gasteiger partial charge in [0.15, 0.2) is 0 Å². The van der Waals surface area contributed by atoms with Crippen LogP contribution in [0.1, 0.15) is 39.0 Å². The molecule has 0 bridgehead atoms. The molecule has 1 N–H and O–H groups in total. The molecule has 2 aliphatic heterocycles. The van der Waals surface area contributed by atoms with Crippen LogP contribution in [0.5, 0.6) is 0 Å². The van der Waals surface area contributed by atoms with E-state index in [2.05, 4.69) is 17.1 Å². The predicted molar refractivity (Wildman–Crippen MR) is 60.6 cm³/mol. The van der Waals surface area contributed by atoms with E-state index in [4.69, 9.17) is 0 Å². The van der Waals surface area contributed by atoms with Gasteiger partial charge in [-0.2, -0.15) is 0 Å². The van der Waals surface area contributed by atoms with E-state index >= 15 is 0 Å². The fraction of sp³-hybridized carbons (Fsp3) is 0.917. The van der Waals surface area contributed by atoms with Crippen molar-refractivity contribution in [3.05, 3.63) is 0 Å². The summed E-state index contributed by atoms with van der Waals surface area (Å²) in [4.78, 5) is 14.5. The summed E-state index contributed by atoms with van der Waals surface area (Å²) >= 11 is 0. The summed E-state index contributed by atoms with van der Waals surface area (Å²) < 4.78 is 0. The molecule has 0 aromatic rings. The highest BCUT2D eigenvalue weighted by Crippen LogP contribution is 2.35. The number of nitrogens with one attached hydrogen (secondary N) is 1. The maximum absolute atomic E-state index is 12.5. The van der Waals surface area contributed by atoms with E-state index in [1.54, 1.807) is 0 Å². The number of likely N-dealkylation sites (tertiary alicyclic amines) is 1. The maximum Gasteiger partial charge on any atom is 0.228 e. The van der Waals surface area contributed by atoms with Crippen molar-refractivity contribution >= 4 is 5.91 Å². The van der Waals surface area contributed by atoms with Gasteiger partial charge in [0.25, 0.3) is 0 Å². The van der Waals surface area contributed by atoms with Crippen molar-refractivity contribution in [3.8, 4) is 0 Å². The molecule has 0 aliphatic carbocycles. The van der Waals surface area contributed by atoms with Crippen molar-refractivity contribution in [2.45, 2.75) is 39.0 Å². The van der Waals surface area contributed by atoms with Crippen LogP contribution >= 0.6 is 0 Å². The van der Waals surface area contributed by atoms with Gasteiger partial charge in [0.05, 0.1) is 5.41 Å². The van der Waals surface area contributed by atoms with Crippen molar-refractivity contribution in [1.29, 1.82) is 0 Å². The van der Waals surface area contributed by atoms with E-state index in [0.29, 0.717) is 5.91 Å². The van der Waals surface area contributed by atoms with Crippen LogP contribution in [0.15, 0.2) is 0 Å². The summed E-state index contributed by atoms with van der Waals surface area (Å²) in [5.41, 5.74) is -0.0322. The Morgan fingerprint density at radius 2 is 1.87 bits per heavy atom. The molecule has 0 aromatic carbocycles. The van der Waals surface area contributed by atoms with Crippen LogP contribution in [0.25, 0.3) is 0 Å². The minimum Gasteiger partial charge on any atom is -0.342 e. The first-order valence-electron chi connectivity index (χ1n) is 6.29. The molecule has 86 valence electrons. The first-order valence-corrected chi connectivity index (χ1v) is 6.29. The normalized spacial score (nSPS) is 25.5. The van der Waals surface area contributed by atoms with Crippen molar-refractivity contribution in [1.82, 2.24) is 10.2 Å². The standard InChI is InChI=1S/C12H22N2O/c1-2-12(5-7-13-8-6-12)11(15)14-9-3-4-10-14/h13H,2-10H2,1H3. The second-order valence-corrected chi connectivity index (χ2v) is 4.88. The second kappa shape index (κ2) is 4.52. The van der Waals surface area contributed by atoms with Gasteiger partial charge in [0, 0.05) is 13.1 Å². The predicted octanol–water partition coefficient (Wildman–Crippen LogP) is 1.39. The number of carbonyl (C=O) groups is 1. The summed E-state index contributed by atoms with van der Waals surface area (Å²) in [6.45, 7) is 6.17. The molecule has 0 atom stereocenters. The fourth-order valence-electron chi connectivity index (χ4n) is 2.88. The van der Waals surface area contributed by atoms with Gasteiger partial charge < -0.3 is 10.2 Å². The number of carbonyl (C=O) groups excluding carboxylic acids is 1. The van der Waals surface area contributed by atoms with Crippen molar-refractivity contribution in [3.63, 3.8) is 0 Å². The largest absolute Gasteiger partial charge is 0.342 e. The summed E-state index contributed by atoms with van der Waals surface area (Å²) in [6, 6.07) is 0. The van der Waals surface area contributed by atoms with Gasteiger partial charge in [-0.25, -0.2) is 0 Å². The van der Waals surface area contributed by atoms with Gasteiger partial charge in [-0.15, -0.1) is 0 Å². The molecule has 2 heterocycles. The maximum atomic E-state index is 12.5. The van der Waals surface area contributed by atoms with Crippen LogP contribution in [0, 0.1) is 5.41 Å². The van der Waals surface area contributed by atoms with Crippen molar-refractivity contribution in [2.75, 3.05) is 26.2 Å². The SMILES string of the molecule is CCC1(C(=O)N2CCCC2)CCNCC1. The lowest BCUT2D eigenvalue weighted by Crippen LogP contribution is -2.48. The van der Waals surface area contributed by atoms with Gasteiger partial charge in [0.2, 0.25) is 5.91 Å². The Bertz CT molecular complexity index is 228. The molecule has 0 spiro atoms. The Kier molecular flexibility index (Phi) is 3.29. The molecule has 0 saturated carbocycles. The number of rotatable bonds is 2. The zero-order chi connectivity index (χ0) is 10.7. The van der Waals surface area contributed by atoms with E-state index in [9.17, 15) is 4.79 Å². The lowest BCUT2D eigenvalue weighted by Gasteiger charge is -2.38. The molecule has 0 aromatic heterocycles. The molecule has 2 fully saturated rings. The highest BCUT2D eigenvalue weighted by atomic mass is 16.2. The average molecular weight is 210 g/mol. The summed E-state index contributed by atoms with van der Waals surface area (Å²) in [6.07, 6.45) is 5.45. The van der Waals surface area contributed by atoms with E-state index in [0.717, 1.165) is 45.4 Å². The quantitative estimate of drug-likeness (QED) is 0.747. The molecule has 3 heteroatoms. The van der Waals surface area contributed by atoms with Crippen LogP contribution < -0.4 is 5.32 Å². The molecule has 2 rings (SSSR count). The highest BCUT2D eigenvalue weighted by molar-refractivity contribution is 5.83. The second-order valence-electron chi connectivity index (χ2n) is 4.88. The molecule has 0 unspecified atom stereocenters. The molecule has 1 amide bonds. The zero-order valence-electron chi connectivity index (χ0n) is 9.72. The number of hydrogen-bond acceptors (Lipinski definition) is 2. The first-order chi connectivity index (χ1) is 7.28. The Hall–Kier alpha value is -0.570. The Balaban J connectivity index is 2.06. The molecule has 2 saturated heterocycles. The third-order valence-electron chi connectivity index (χ3n) is 4.08. The van der Waals surface area contributed by atoms with E-state index in [1.807, 2.05) is 0 Å². The number of nitrogens with zero attached hydrogens (tertiary/aromatic N) is 1. The molecule has 0 radical (unpaired) electrons. The van der Waals surface area contributed by atoms with Gasteiger partial charge >= 0.3 is 0 Å². The summed E-state index contributed by atoms with van der Waals surface area (Å²) in [5.74, 6) is 0.434. The molecule has 2 aliphatic rings. The third-order valence-corrected chi connectivity index (χ3v) is 4.08. The number of hydrogen-bond donors (Lipinski definition) is 1. The van der Waals surface area contributed by atoms with Gasteiger partial charge in [0.1, 0.15) is 0 Å². The summed E-state index contributed by atoms with van der Waals surface area (Å²) in [5, 5.41) is 3.35. The van der Waals surface area contributed by atoms with E-state index in [-0.39, 0.29) is 5.41 Å². The smallest absolute Gasteiger partial charge is 0.228 e. The van der Waals surface area contributed by atoms with Crippen molar-refractivity contribution in [2.24, 2.45) is 5.41 Å². The molecular formula is C12H22N2O. The lowest BCUT2D eigenvalue weighted by molar-refractivity contribution is -0.143. The van der Waals surface area contributed by atoms with Crippen LogP contribution in [0.3, 0.4) is 0 Å².